The van der Waals surface area contributed by atoms with E-state index in [2.05, 4.69) is 5.32 Å². The molecule has 3 aromatic carbocycles. The number of halogens is 1. The van der Waals surface area contributed by atoms with Gasteiger partial charge in [-0.1, -0.05) is 30.3 Å². The number of para-hydroxylation sites is 1. The van der Waals surface area contributed by atoms with Crippen LogP contribution >= 0.6 is 0 Å². The number of hydrogen-bond acceptors (Lipinski definition) is 3. The lowest BCUT2D eigenvalue weighted by molar-refractivity contribution is -0.121. The van der Waals surface area contributed by atoms with Crippen LogP contribution in [0.25, 0.3) is 0 Å². The highest BCUT2D eigenvalue weighted by Gasteiger charge is 2.17. The topological polar surface area (TPSA) is 58.6 Å². The van der Waals surface area contributed by atoms with E-state index in [1.807, 2.05) is 37.3 Å². The van der Waals surface area contributed by atoms with Crippen LogP contribution in [0, 0.1) is 5.82 Å². The van der Waals surface area contributed by atoms with E-state index in [9.17, 15) is 14.0 Å². The van der Waals surface area contributed by atoms with Crippen LogP contribution < -0.4 is 10.1 Å². The van der Waals surface area contributed by atoms with Gasteiger partial charge in [-0.15, -0.1) is 0 Å². The Labute approximate surface area is 175 Å². The van der Waals surface area contributed by atoms with E-state index in [1.54, 1.807) is 36.4 Å². The average molecular weight is 406 g/mol. The summed E-state index contributed by atoms with van der Waals surface area (Å²) in [6.07, 6.45) is 0. The summed E-state index contributed by atoms with van der Waals surface area (Å²) in [5.74, 6) is 0.495. The predicted octanol–water partition coefficient (Wildman–Crippen LogP) is 4.40. The number of nitrogens with one attached hydrogen (secondary N) is 1. The van der Waals surface area contributed by atoms with Gasteiger partial charge in [0, 0.05) is 18.7 Å². The van der Waals surface area contributed by atoms with Crippen molar-refractivity contribution in [1.29, 1.82) is 0 Å². The van der Waals surface area contributed by atoms with Gasteiger partial charge in [0.05, 0.1) is 6.54 Å². The fraction of sp³-hybridized carbons (Fsp3) is 0.167. The van der Waals surface area contributed by atoms with Crippen LogP contribution in [-0.2, 0) is 11.3 Å². The average Bonchev–Trinajstić information content (AvgIpc) is 2.78. The van der Waals surface area contributed by atoms with E-state index in [0.29, 0.717) is 23.6 Å². The second-order valence-electron chi connectivity index (χ2n) is 6.66. The fourth-order valence-corrected chi connectivity index (χ4v) is 2.83. The quantitative estimate of drug-likeness (QED) is 0.603. The van der Waals surface area contributed by atoms with Crippen LogP contribution in [0.5, 0.6) is 11.5 Å². The van der Waals surface area contributed by atoms with Gasteiger partial charge in [-0.25, -0.2) is 4.39 Å². The first-order valence-electron chi connectivity index (χ1n) is 9.68. The zero-order valence-corrected chi connectivity index (χ0v) is 16.7. The summed E-state index contributed by atoms with van der Waals surface area (Å²) in [5, 5.41) is 2.75. The van der Waals surface area contributed by atoms with Crippen molar-refractivity contribution >= 4 is 11.8 Å². The summed E-state index contributed by atoms with van der Waals surface area (Å²) in [5.41, 5.74) is 1.26. The molecule has 3 aromatic rings. The van der Waals surface area contributed by atoms with Crippen LogP contribution in [0.3, 0.4) is 0 Å². The van der Waals surface area contributed by atoms with Crippen molar-refractivity contribution in [3.8, 4) is 11.5 Å². The molecule has 0 bridgehead atoms. The molecule has 2 amide bonds. The summed E-state index contributed by atoms with van der Waals surface area (Å²) in [4.78, 5) is 26.5. The van der Waals surface area contributed by atoms with E-state index in [1.165, 1.54) is 17.0 Å². The van der Waals surface area contributed by atoms with Crippen molar-refractivity contribution in [2.45, 2.75) is 13.5 Å². The molecule has 0 aromatic heterocycles. The number of likely N-dealkylation sites (N-methyl/N-ethyl adjacent to an activating group) is 1. The van der Waals surface area contributed by atoms with Gasteiger partial charge in [0.1, 0.15) is 17.3 Å². The van der Waals surface area contributed by atoms with E-state index < -0.39 is 0 Å². The number of amides is 2. The van der Waals surface area contributed by atoms with Crippen molar-refractivity contribution in [3.05, 3.63) is 95.8 Å². The fourth-order valence-electron chi connectivity index (χ4n) is 2.83. The standard InChI is InChI=1S/C24H23FN2O3/c1-2-27(17-23(28)26-16-18-8-12-20(25)13-9-18)24(29)19-10-14-22(15-11-19)30-21-6-4-3-5-7-21/h3-15H,2,16-17H2,1H3,(H,26,28). The maximum Gasteiger partial charge on any atom is 0.254 e. The number of ether oxygens (including phenoxy) is 1. The van der Waals surface area contributed by atoms with Gasteiger partial charge in [0.2, 0.25) is 5.91 Å². The molecule has 0 spiro atoms. The molecule has 6 heteroatoms. The highest BCUT2D eigenvalue weighted by Crippen LogP contribution is 2.21. The van der Waals surface area contributed by atoms with Gasteiger partial charge in [-0.2, -0.15) is 0 Å². The van der Waals surface area contributed by atoms with Crippen LogP contribution in [0.1, 0.15) is 22.8 Å². The molecule has 1 N–H and O–H groups in total. The minimum Gasteiger partial charge on any atom is -0.457 e. The molecule has 154 valence electrons. The molecule has 0 atom stereocenters. The maximum atomic E-state index is 12.9. The third kappa shape index (κ3) is 5.91. The Morgan fingerprint density at radius 3 is 2.17 bits per heavy atom. The molecular formula is C24H23FN2O3. The Morgan fingerprint density at radius 2 is 1.53 bits per heavy atom. The van der Waals surface area contributed by atoms with E-state index in [-0.39, 0.29) is 30.7 Å². The first-order chi connectivity index (χ1) is 14.5. The van der Waals surface area contributed by atoms with Gasteiger partial charge < -0.3 is 15.0 Å². The number of nitrogens with zero attached hydrogens (tertiary/aromatic N) is 1. The lowest BCUT2D eigenvalue weighted by Crippen LogP contribution is -2.40. The van der Waals surface area contributed by atoms with Crippen LogP contribution in [0.15, 0.2) is 78.9 Å². The predicted molar refractivity (Wildman–Crippen MR) is 113 cm³/mol. The van der Waals surface area contributed by atoms with Crippen molar-refractivity contribution in [1.82, 2.24) is 10.2 Å². The zero-order valence-electron chi connectivity index (χ0n) is 16.7. The first-order valence-corrected chi connectivity index (χ1v) is 9.68. The Balaban J connectivity index is 1.55. The third-order valence-electron chi connectivity index (χ3n) is 4.49. The molecule has 0 unspecified atom stereocenters. The smallest absolute Gasteiger partial charge is 0.254 e. The molecule has 0 heterocycles. The van der Waals surface area contributed by atoms with E-state index >= 15 is 0 Å². The monoisotopic (exact) mass is 406 g/mol. The molecule has 0 aliphatic carbocycles. The molecule has 0 saturated carbocycles. The van der Waals surface area contributed by atoms with Crippen molar-refractivity contribution in [2.24, 2.45) is 0 Å². The van der Waals surface area contributed by atoms with Crippen molar-refractivity contribution in [2.75, 3.05) is 13.1 Å². The minimum atomic E-state index is -0.326. The normalized spacial score (nSPS) is 10.3. The van der Waals surface area contributed by atoms with Crippen molar-refractivity contribution < 1.29 is 18.7 Å². The van der Waals surface area contributed by atoms with Crippen LogP contribution in [0.2, 0.25) is 0 Å². The number of carbonyl (C=O) groups is 2. The highest BCUT2D eigenvalue weighted by molar-refractivity contribution is 5.96. The second-order valence-corrected chi connectivity index (χ2v) is 6.66. The number of rotatable bonds is 8. The SMILES string of the molecule is CCN(CC(=O)NCc1ccc(F)cc1)C(=O)c1ccc(Oc2ccccc2)cc1. The molecule has 0 aliphatic rings. The summed E-state index contributed by atoms with van der Waals surface area (Å²) in [6, 6.07) is 22.1. The van der Waals surface area contributed by atoms with Gasteiger partial charge in [-0.05, 0) is 61.0 Å². The van der Waals surface area contributed by atoms with Crippen molar-refractivity contribution in [3.63, 3.8) is 0 Å². The summed E-state index contributed by atoms with van der Waals surface area (Å²) >= 11 is 0. The minimum absolute atomic E-state index is 0.0568. The summed E-state index contributed by atoms with van der Waals surface area (Å²) in [6.45, 7) is 2.43. The first kappa shape index (κ1) is 21.0. The Hall–Kier alpha value is -3.67. The Bertz CT molecular complexity index is 974. The molecule has 3 rings (SSSR count). The lowest BCUT2D eigenvalue weighted by Gasteiger charge is -2.20. The number of benzene rings is 3. The molecule has 0 saturated heterocycles. The lowest BCUT2D eigenvalue weighted by atomic mass is 10.2. The molecule has 30 heavy (non-hydrogen) atoms. The van der Waals surface area contributed by atoms with Gasteiger partial charge in [0.25, 0.3) is 5.91 Å². The van der Waals surface area contributed by atoms with Gasteiger partial charge >= 0.3 is 0 Å². The second kappa shape index (κ2) is 10.2. The van der Waals surface area contributed by atoms with E-state index in [0.717, 1.165) is 5.56 Å². The number of carbonyl (C=O) groups excluding carboxylic acids is 2. The molecule has 0 fully saturated rings. The molecule has 5 nitrogen and oxygen atoms in total. The molecule has 0 aliphatic heterocycles. The zero-order chi connectivity index (χ0) is 21.3. The third-order valence-corrected chi connectivity index (χ3v) is 4.49. The van der Waals surface area contributed by atoms with Crippen LogP contribution in [0.4, 0.5) is 4.39 Å². The van der Waals surface area contributed by atoms with Gasteiger partial charge in [-0.3, -0.25) is 9.59 Å². The molecular weight excluding hydrogens is 383 g/mol. The van der Waals surface area contributed by atoms with E-state index in [4.69, 9.17) is 4.74 Å². The number of hydrogen-bond donors (Lipinski definition) is 1. The summed E-state index contributed by atoms with van der Waals surface area (Å²) in [7, 11) is 0. The largest absolute Gasteiger partial charge is 0.457 e. The Kier molecular flexibility index (Phi) is 7.16. The Morgan fingerprint density at radius 1 is 0.900 bits per heavy atom. The molecule has 0 radical (unpaired) electrons. The maximum absolute atomic E-state index is 12.9. The van der Waals surface area contributed by atoms with Crippen LogP contribution in [-0.4, -0.2) is 29.8 Å². The summed E-state index contributed by atoms with van der Waals surface area (Å²) < 4.78 is 18.7. The highest BCUT2D eigenvalue weighted by atomic mass is 19.1. The van der Waals surface area contributed by atoms with Gasteiger partial charge in [0.15, 0.2) is 0 Å².